The van der Waals surface area contributed by atoms with Crippen molar-refractivity contribution in [1.29, 1.82) is 0 Å². The average molecular weight is 320 g/mol. The number of benzene rings is 1. The highest BCUT2D eigenvalue weighted by Gasteiger charge is 2.13. The number of amides is 1. The van der Waals surface area contributed by atoms with Gasteiger partial charge in [-0.2, -0.15) is 0 Å². The van der Waals surface area contributed by atoms with Crippen molar-refractivity contribution in [2.75, 3.05) is 5.32 Å². The van der Waals surface area contributed by atoms with Gasteiger partial charge in [-0.25, -0.2) is 0 Å². The summed E-state index contributed by atoms with van der Waals surface area (Å²) < 4.78 is 0.760. The molecule has 94 valence electrons. The molecule has 1 aromatic carbocycles. The first-order valence-corrected chi connectivity index (χ1v) is 6.49. The Morgan fingerprint density at radius 1 is 1.53 bits per heavy atom. The van der Waals surface area contributed by atoms with Gasteiger partial charge in [-0.3, -0.25) is 4.79 Å². The molecular weight excluding hydrogens is 304 g/mol. The minimum absolute atomic E-state index is 0.0438. The molecule has 0 bridgehead atoms. The van der Waals surface area contributed by atoms with E-state index in [9.17, 15) is 4.79 Å². The SMILES string of the molecule is CC(C)(N)CCC(=O)Nc1ccc(Cl)c(Br)c1. The van der Waals surface area contributed by atoms with Crippen LogP contribution in [0.4, 0.5) is 5.69 Å². The number of anilines is 1. The lowest BCUT2D eigenvalue weighted by atomic mass is 10.00. The van der Waals surface area contributed by atoms with Crippen molar-refractivity contribution in [3.63, 3.8) is 0 Å². The predicted molar refractivity (Wildman–Crippen MR) is 75.3 cm³/mol. The molecule has 1 aromatic rings. The van der Waals surface area contributed by atoms with E-state index in [0.29, 0.717) is 17.9 Å². The molecule has 0 aromatic heterocycles. The van der Waals surface area contributed by atoms with Crippen molar-refractivity contribution in [2.45, 2.75) is 32.2 Å². The van der Waals surface area contributed by atoms with Crippen LogP contribution in [0.1, 0.15) is 26.7 Å². The number of carbonyl (C=O) groups excluding carboxylic acids is 1. The minimum Gasteiger partial charge on any atom is -0.326 e. The zero-order valence-electron chi connectivity index (χ0n) is 9.89. The molecule has 0 heterocycles. The molecule has 0 aliphatic carbocycles. The number of nitrogens with one attached hydrogen (secondary N) is 1. The average Bonchev–Trinajstić information content (AvgIpc) is 2.20. The van der Waals surface area contributed by atoms with Crippen molar-refractivity contribution < 1.29 is 4.79 Å². The fourth-order valence-corrected chi connectivity index (χ4v) is 1.73. The number of carbonyl (C=O) groups is 1. The number of rotatable bonds is 4. The van der Waals surface area contributed by atoms with Crippen LogP contribution < -0.4 is 11.1 Å². The quantitative estimate of drug-likeness (QED) is 0.891. The third-order valence-electron chi connectivity index (χ3n) is 2.20. The number of halogens is 2. The van der Waals surface area contributed by atoms with Crippen molar-refractivity contribution in [3.8, 4) is 0 Å². The molecule has 17 heavy (non-hydrogen) atoms. The first kappa shape index (κ1) is 14.5. The smallest absolute Gasteiger partial charge is 0.224 e. The Morgan fingerprint density at radius 2 is 2.18 bits per heavy atom. The molecule has 0 atom stereocenters. The second kappa shape index (κ2) is 5.85. The number of hydrogen-bond donors (Lipinski definition) is 2. The lowest BCUT2D eigenvalue weighted by Gasteiger charge is -2.17. The number of hydrogen-bond acceptors (Lipinski definition) is 2. The molecule has 0 unspecified atom stereocenters. The van der Waals surface area contributed by atoms with E-state index < -0.39 is 0 Å². The van der Waals surface area contributed by atoms with Gasteiger partial charge in [-0.1, -0.05) is 11.6 Å². The summed E-state index contributed by atoms with van der Waals surface area (Å²) in [6.45, 7) is 3.80. The summed E-state index contributed by atoms with van der Waals surface area (Å²) in [4.78, 5) is 11.6. The van der Waals surface area contributed by atoms with E-state index in [1.54, 1.807) is 18.2 Å². The van der Waals surface area contributed by atoms with Gasteiger partial charge in [0.1, 0.15) is 0 Å². The molecule has 1 rings (SSSR count). The van der Waals surface area contributed by atoms with Gasteiger partial charge in [0.25, 0.3) is 0 Å². The zero-order chi connectivity index (χ0) is 13.1. The third-order valence-corrected chi connectivity index (χ3v) is 3.41. The Kier molecular flexibility index (Phi) is 4.98. The normalized spacial score (nSPS) is 11.4. The summed E-state index contributed by atoms with van der Waals surface area (Å²) in [5, 5.41) is 3.42. The summed E-state index contributed by atoms with van der Waals surface area (Å²) in [6.07, 6.45) is 1.05. The molecule has 0 saturated heterocycles. The lowest BCUT2D eigenvalue weighted by Crippen LogP contribution is -2.33. The monoisotopic (exact) mass is 318 g/mol. The first-order valence-electron chi connectivity index (χ1n) is 5.32. The highest BCUT2D eigenvalue weighted by molar-refractivity contribution is 9.10. The van der Waals surface area contributed by atoms with Crippen LogP contribution >= 0.6 is 27.5 Å². The lowest BCUT2D eigenvalue weighted by molar-refractivity contribution is -0.116. The van der Waals surface area contributed by atoms with E-state index in [-0.39, 0.29) is 11.4 Å². The van der Waals surface area contributed by atoms with Crippen LogP contribution in [-0.4, -0.2) is 11.4 Å². The van der Waals surface area contributed by atoms with E-state index in [1.165, 1.54) is 0 Å². The molecule has 5 heteroatoms. The van der Waals surface area contributed by atoms with E-state index >= 15 is 0 Å². The van der Waals surface area contributed by atoms with E-state index in [4.69, 9.17) is 17.3 Å². The topological polar surface area (TPSA) is 55.1 Å². The highest BCUT2D eigenvalue weighted by Crippen LogP contribution is 2.25. The summed E-state index contributed by atoms with van der Waals surface area (Å²) in [5.41, 5.74) is 6.22. The number of nitrogens with two attached hydrogens (primary N) is 1. The fraction of sp³-hybridized carbons (Fsp3) is 0.417. The van der Waals surface area contributed by atoms with Crippen molar-refractivity contribution in [3.05, 3.63) is 27.7 Å². The molecule has 3 N–H and O–H groups in total. The summed E-state index contributed by atoms with van der Waals surface area (Å²) >= 11 is 9.17. The van der Waals surface area contributed by atoms with Crippen molar-refractivity contribution in [1.82, 2.24) is 0 Å². The van der Waals surface area contributed by atoms with Gasteiger partial charge in [-0.15, -0.1) is 0 Å². The maximum absolute atomic E-state index is 11.6. The standard InChI is InChI=1S/C12H16BrClN2O/c1-12(2,15)6-5-11(17)16-8-3-4-10(14)9(13)7-8/h3-4,7H,5-6,15H2,1-2H3,(H,16,17). The first-order chi connectivity index (χ1) is 7.78. The van der Waals surface area contributed by atoms with E-state index in [2.05, 4.69) is 21.2 Å². The Hall–Kier alpha value is -0.580. The van der Waals surface area contributed by atoms with Gasteiger partial charge in [0.05, 0.1) is 5.02 Å². The van der Waals surface area contributed by atoms with Crippen LogP contribution in [0.15, 0.2) is 22.7 Å². The molecular formula is C12H16BrClN2O. The van der Waals surface area contributed by atoms with Crippen LogP contribution in [0.2, 0.25) is 5.02 Å². The van der Waals surface area contributed by atoms with Gasteiger partial charge in [0.15, 0.2) is 0 Å². The molecule has 0 fully saturated rings. The van der Waals surface area contributed by atoms with Crippen LogP contribution in [0.5, 0.6) is 0 Å². The molecule has 3 nitrogen and oxygen atoms in total. The summed E-state index contributed by atoms with van der Waals surface area (Å²) in [6, 6.07) is 5.26. The maximum atomic E-state index is 11.6. The Morgan fingerprint density at radius 3 is 2.71 bits per heavy atom. The van der Waals surface area contributed by atoms with Gasteiger partial charge in [0, 0.05) is 22.1 Å². The fourth-order valence-electron chi connectivity index (χ4n) is 1.23. The second-order valence-corrected chi connectivity index (χ2v) is 5.93. The minimum atomic E-state index is -0.322. The molecule has 0 spiro atoms. The van der Waals surface area contributed by atoms with Gasteiger partial charge >= 0.3 is 0 Å². The summed E-state index contributed by atoms with van der Waals surface area (Å²) in [5.74, 6) is -0.0438. The Labute approximate surface area is 115 Å². The largest absolute Gasteiger partial charge is 0.326 e. The Balaban J connectivity index is 2.54. The Bertz CT molecular complexity index is 415. The molecule has 0 aliphatic heterocycles. The van der Waals surface area contributed by atoms with Crippen molar-refractivity contribution in [2.24, 2.45) is 5.73 Å². The third kappa shape index (κ3) is 5.52. The van der Waals surface area contributed by atoms with Crippen LogP contribution in [0.3, 0.4) is 0 Å². The molecule has 1 amide bonds. The van der Waals surface area contributed by atoms with Crippen LogP contribution in [-0.2, 0) is 4.79 Å². The van der Waals surface area contributed by atoms with Gasteiger partial charge < -0.3 is 11.1 Å². The van der Waals surface area contributed by atoms with Crippen LogP contribution in [0, 0.1) is 0 Å². The predicted octanol–water partition coefficient (Wildman–Crippen LogP) is 3.56. The molecule has 0 saturated carbocycles. The van der Waals surface area contributed by atoms with E-state index in [0.717, 1.165) is 10.2 Å². The summed E-state index contributed by atoms with van der Waals surface area (Å²) in [7, 11) is 0. The maximum Gasteiger partial charge on any atom is 0.224 e. The van der Waals surface area contributed by atoms with Crippen LogP contribution in [0.25, 0.3) is 0 Å². The van der Waals surface area contributed by atoms with E-state index in [1.807, 2.05) is 13.8 Å². The zero-order valence-corrected chi connectivity index (χ0v) is 12.2. The van der Waals surface area contributed by atoms with Crippen molar-refractivity contribution >= 4 is 39.1 Å². The van der Waals surface area contributed by atoms with Gasteiger partial charge in [-0.05, 0) is 54.4 Å². The molecule has 0 aliphatic rings. The highest BCUT2D eigenvalue weighted by atomic mass is 79.9. The van der Waals surface area contributed by atoms with Gasteiger partial charge in [0.2, 0.25) is 5.91 Å². The molecule has 0 radical (unpaired) electrons. The second-order valence-electron chi connectivity index (χ2n) is 4.67.